The Kier molecular flexibility index (Phi) is 8.24. The van der Waals surface area contributed by atoms with Crippen LogP contribution in [0.25, 0.3) is 0 Å². The number of benzene rings is 1. The molecule has 168 valence electrons. The van der Waals surface area contributed by atoms with Crippen LogP contribution < -0.4 is 10.2 Å². The van der Waals surface area contributed by atoms with Crippen LogP contribution >= 0.6 is 11.8 Å². The molecule has 2 fully saturated rings. The SMILES string of the molecule is O=C(CSc1nnc(N2CCOCC2)n1Cc1ccccc1)NC1CCCCCCC1. The third-order valence-electron chi connectivity index (χ3n) is 5.98. The van der Waals surface area contributed by atoms with E-state index < -0.39 is 0 Å². The molecule has 4 rings (SSSR count). The molecule has 2 aromatic rings. The summed E-state index contributed by atoms with van der Waals surface area (Å²) in [6, 6.07) is 10.7. The lowest BCUT2D eigenvalue weighted by molar-refractivity contribution is -0.119. The van der Waals surface area contributed by atoms with Gasteiger partial charge in [-0.05, 0) is 18.4 Å². The van der Waals surface area contributed by atoms with Crippen LogP contribution in [0.15, 0.2) is 35.5 Å². The van der Waals surface area contributed by atoms with Crippen molar-refractivity contribution in [1.82, 2.24) is 20.1 Å². The number of ether oxygens (including phenoxy) is 1. The normalized spacial score (nSPS) is 18.4. The van der Waals surface area contributed by atoms with Crippen LogP contribution in [0.4, 0.5) is 5.95 Å². The molecule has 1 aromatic heterocycles. The van der Waals surface area contributed by atoms with Crippen molar-refractivity contribution in [1.29, 1.82) is 0 Å². The Morgan fingerprint density at radius 1 is 1.03 bits per heavy atom. The van der Waals surface area contributed by atoms with Crippen molar-refractivity contribution in [2.75, 3.05) is 37.0 Å². The van der Waals surface area contributed by atoms with Gasteiger partial charge in [-0.3, -0.25) is 9.36 Å². The van der Waals surface area contributed by atoms with Gasteiger partial charge in [0.25, 0.3) is 0 Å². The molecule has 7 nitrogen and oxygen atoms in total. The van der Waals surface area contributed by atoms with E-state index in [0.29, 0.717) is 31.6 Å². The number of carbonyl (C=O) groups is 1. The van der Waals surface area contributed by atoms with E-state index in [1.807, 2.05) is 18.2 Å². The highest BCUT2D eigenvalue weighted by Crippen LogP contribution is 2.24. The Morgan fingerprint density at radius 3 is 2.48 bits per heavy atom. The largest absolute Gasteiger partial charge is 0.378 e. The van der Waals surface area contributed by atoms with Crippen molar-refractivity contribution in [2.45, 2.75) is 62.7 Å². The summed E-state index contributed by atoms with van der Waals surface area (Å²) in [4.78, 5) is 14.9. The van der Waals surface area contributed by atoms with E-state index in [4.69, 9.17) is 4.74 Å². The summed E-state index contributed by atoms with van der Waals surface area (Å²) >= 11 is 1.48. The van der Waals surface area contributed by atoms with E-state index in [9.17, 15) is 4.79 Å². The first kappa shape index (κ1) is 22.1. The number of amides is 1. The zero-order valence-corrected chi connectivity index (χ0v) is 19.0. The van der Waals surface area contributed by atoms with Crippen molar-refractivity contribution in [2.24, 2.45) is 0 Å². The highest BCUT2D eigenvalue weighted by molar-refractivity contribution is 7.99. The highest BCUT2D eigenvalue weighted by atomic mass is 32.2. The average molecular weight is 444 g/mol. The molecule has 1 amide bonds. The van der Waals surface area contributed by atoms with Crippen LogP contribution in [0.5, 0.6) is 0 Å². The lowest BCUT2D eigenvalue weighted by atomic mass is 9.97. The van der Waals surface area contributed by atoms with Crippen LogP contribution in [0, 0.1) is 0 Å². The molecule has 0 atom stereocenters. The maximum absolute atomic E-state index is 12.6. The number of morpholine rings is 1. The van der Waals surface area contributed by atoms with Gasteiger partial charge in [-0.25, -0.2) is 0 Å². The van der Waals surface area contributed by atoms with E-state index in [1.165, 1.54) is 49.4 Å². The third-order valence-corrected chi connectivity index (χ3v) is 6.94. The second-order valence-corrected chi connectivity index (χ2v) is 9.29. The Hall–Kier alpha value is -2.06. The summed E-state index contributed by atoms with van der Waals surface area (Å²) < 4.78 is 7.63. The summed E-state index contributed by atoms with van der Waals surface area (Å²) in [5, 5.41) is 13.0. The molecule has 2 heterocycles. The van der Waals surface area contributed by atoms with Crippen LogP contribution in [0.3, 0.4) is 0 Å². The number of rotatable bonds is 7. The number of nitrogens with zero attached hydrogens (tertiary/aromatic N) is 4. The fraction of sp³-hybridized carbons (Fsp3) is 0.609. The second-order valence-electron chi connectivity index (χ2n) is 8.35. The topological polar surface area (TPSA) is 72.3 Å². The van der Waals surface area contributed by atoms with Crippen molar-refractivity contribution in [3.05, 3.63) is 35.9 Å². The van der Waals surface area contributed by atoms with E-state index in [2.05, 4.69) is 37.1 Å². The Labute approximate surface area is 188 Å². The summed E-state index contributed by atoms with van der Waals surface area (Å²) in [7, 11) is 0. The first-order valence-electron chi connectivity index (χ1n) is 11.5. The molecule has 8 heteroatoms. The maximum atomic E-state index is 12.6. The lowest BCUT2D eigenvalue weighted by Gasteiger charge is -2.28. The number of aromatic nitrogens is 3. The van der Waals surface area contributed by atoms with Gasteiger partial charge in [0.15, 0.2) is 5.16 Å². The number of carbonyl (C=O) groups excluding carboxylic acids is 1. The molecule has 1 saturated carbocycles. The minimum Gasteiger partial charge on any atom is -0.378 e. The van der Waals surface area contributed by atoms with Gasteiger partial charge < -0.3 is 15.0 Å². The average Bonchev–Trinajstić information content (AvgIpc) is 3.18. The molecule has 1 saturated heterocycles. The van der Waals surface area contributed by atoms with Gasteiger partial charge in [0, 0.05) is 19.1 Å². The van der Waals surface area contributed by atoms with Gasteiger partial charge in [0.2, 0.25) is 11.9 Å². The van der Waals surface area contributed by atoms with Gasteiger partial charge in [-0.2, -0.15) is 0 Å². The predicted molar refractivity (Wildman–Crippen MR) is 124 cm³/mol. The molecule has 1 aliphatic heterocycles. The van der Waals surface area contributed by atoms with E-state index >= 15 is 0 Å². The molecule has 1 aromatic carbocycles. The minimum atomic E-state index is 0.0951. The zero-order valence-electron chi connectivity index (χ0n) is 18.2. The second kappa shape index (κ2) is 11.5. The van der Waals surface area contributed by atoms with Crippen LogP contribution in [-0.4, -0.2) is 58.8 Å². The van der Waals surface area contributed by atoms with Crippen LogP contribution in [0.1, 0.15) is 50.5 Å². The van der Waals surface area contributed by atoms with Gasteiger partial charge >= 0.3 is 0 Å². The molecule has 0 bridgehead atoms. The summed E-state index contributed by atoms with van der Waals surface area (Å²) in [6.07, 6.45) is 8.53. The summed E-state index contributed by atoms with van der Waals surface area (Å²) in [6.45, 7) is 3.70. The molecule has 1 aliphatic carbocycles. The third kappa shape index (κ3) is 6.46. The molecule has 0 unspecified atom stereocenters. The van der Waals surface area contributed by atoms with Gasteiger partial charge in [0.1, 0.15) is 0 Å². The Bertz CT molecular complexity index is 815. The van der Waals surface area contributed by atoms with Crippen LogP contribution in [0.2, 0.25) is 0 Å². The lowest BCUT2D eigenvalue weighted by Crippen LogP contribution is -2.38. The minimum absolute atomic E-state index is 0.0951. The summed E-state index contributed by atoms with van der Waals surface area (Å²) in [5.41, 5.74) is 1.19. The van der Waals surface area contributed by atoms with E-state index in [-0.39, 0.29) is 5.91 Å². The predicted octanol–water partition coefficient (Wildman–Crippen LogP) is 3.48. The number of hydrogen-bond donors (Lipinski definition) is 1. The van der Waals surface area contributed by atoms with Gasteiger partial charge in [-0.15, -0.1) is 10.2 Å². The molecule has 1 N–H and O–H groups in total. The van der Waals surface area contributed by atoms with E-state index in [1.54, 1.807) is 0 Å². The summed E-state index contributed by atoms with van der Waals surface area (Å²) in [5.74, 6) is 1.32. The fourth-order valence-electron chi connectivity index (χ4n) is 4.29. The Morgan fingerprint density at radius 2 is 1.74 bits per heavy atom. The smallest absolute Gasteiger partial charge is 0.230 e. The van der Waals surface area contributed by atoms with Gasteiger partial charge in [-0.1, -0.05) is 74.2 Å². The standard InChI is InChI=1S/C23H33N5O2S/c29-21(24-20-11-7-2-1-3-8-12-20)18-31-23-26-25-22(27-13-15-30-16-14-27)28(23)17-19-9-5-4-6-10-19/h4-6,9-10,20H,1-3,7-8,11-18H2,(H,24,29). The van der Waals surface area contributed by atoms with Gasteiger partial charge in [0.05, 0.1) is 25.5 Å². The first-order valence-corrected chi connectivity index (χ1v) is 12.5. The molecule has 31 heavy (non-hydrogen) atoms. The van der Waals surface area contributed by atoms with Crippen molar-refractivity contribution in [3.63, 3.8) is 0 Å². The molecular weight excluding hydrogens is 410 g/mol. The number of anilines is 1. The number of thioether (sulfide) groups is 1. The van der Waals surface area contributed by atoms with Crippen LogP contribution in [-0.2, 0) is 16.1 Å². The maximum Gasteiger partial charge on any atom is 0.230 e. The molecule has 0 radical (unpaired) electrons. The van der Waals surface area contributed by atoms with E-state index in [0.717, 1.165) is 37.0 Å². The highest BCUT2D eigenvalue weighted by Gasteiger charge is 2.22. The fourth-order valence-corrected chi connectivity index (χ4v) is 5.03. The number of hydrogen-bond acceptors (Lipinski definition) is 6. The molecule has 0 spiro atoms. The quantitative estimate of drug-likeness (QED) is 0.661. The Balaban J connectivity index is 1.41. The number of nitrogens with one attached hydrogen (secondary N) is 1. The first-order chi connectivity index (χ1) is 15.3. The van der Waals surface area contributed by atoms with Crippen molar-refractivity contribution >= 4 is 23.6 Å². The molecular formula is C23H33N5O2S. The monoisotopic (exact) mass is 443 g/mol. The zero-order chi connectivity index (χ0) is 21.3. The molecule has 2 aliphatic rings. The van der Waals surface area contributed by atoms with Crippen molar-refractivity contribution in [3.8, 4) is 0 Å². The van der Waals surface area contributed by atoms with Crippen molar-refractivity contribution < 1.29 is 9.53 Å².